The van der Waals surface area contributed by atoms with Gasteiger partial charge < -0.3 is 15.5 Å². The first-order valence-electron chi connectivity index (χ1n) is 5.33. The van der Waals surface area contributed by atoms with Crippen LogP contribution in [0.25, 0.3) is 0 Å². The molecule has 102 valence electrons. The van der Waals surface area contributed by atoms with Gasteiger partial charge in [0.2, 0.25) is 0 Å². The quantitative estimate of drug-likeness (QED) is 0.756. The number of hydrogen-bond donors (Lipinski definition) is 3. The number of rotatable bonds is 5. The minimum Gasteiger partial charge on any atom is -0.481 e. The number of benzene rings is 1. The highest BCUT2D eigenvalue weighted by atomic mass is 35.5. The Bertz CT molecular complexity index is 529. The smallest absolute Gasteiger partial charge is 0.326 e. The predicted octanol–water partition coefficient (Wildman–Crippen LogP) is 1.31. The number of aliphatic carboxylic acids is 2. The summed E-state index contributed by atoms with van der Waals surface area (Å²) in [6, 6.07) is 3.12. The van der Waals surface area contributed by atoms with Crippen molar-refractivity contribution in [2.24, 2.45) is 0 Å². The number of halogens is 1. The Morgan fingerprint density at radius 3 is 2.47 bits per heavy atom. The van der Waals surface area contributed by atoms with Crippen LogP contribution in [0.5, 0.6) is 0 Å². The van der Waals surface area contributed by atoms with E-state index in [0.29, 0.717) is 10.6 Å². The molecule has 1 aromatic rings. The van der Waals surface area contributed by atoms with Crippen molar-refractivity contribution in [2.45, 2.75) is 19.4 Å². The maximum absolute atomic E-state index is 11.9. The summed E-state index contributed by atoms with van der Waals surface area (Å²) in [5.74, 6) is -3.39. The predicted molar refractivity (Wildman–Crippen MR) is 67.3 cm³/mol. The van der Waals surface area contributed by atoms with Gasteiger partial charge in [-0.25, -0.2) is 4.79 Å². The van der Waals surface area contributed by atoms with E-state index in [1.165, 1.54) is 6.07 Å². The van der Waals surface area contributed by atoms with E-state index in [1.807, 2.05) is 0 Å². The summed E-state index contributed by atoms with van der Waals surface area (Å²) in [7, 11) is 0. The summed E-state index contributed by atoms with van der Waals surface area (Å²) in [6.45, 7) is 1.66. The van der Waals surface area contributed by atoms with Gasteiger partial charge in [0.15, 0.2) is 0 Å². The molecule has 1 aromatic carbocycles. The Morgan fingerprint density at radius 1 is 1.32 bits per heavy atom. The molecular formula is C12H12ClNO5. The van der Waals surface area contributed by atoms with Crippen molar-refractivity contribution in [1.82, 2.24) is 5.32 Å². The molecule has 0 saturated heterocycles. The van der Waals surface area contributed by atoms with Crippen LogP contribution in [0.1, 0.15) is 22.3 Å². The molecule has 19 heavy (non-hydrogen) atoms. The number of nitrogens with one attached hydrogen (secondary N) is 1. The molecule has 0 fully saturated rings. The summed E-state index contributed by atoms with van der Waals surface area (Å²) >= 11 is 5.75. The average Bonchev–Trinajstić information content (AvgIpc) is 2.30. The van der Waals surface area contributed by atoms with E-state index < -0.39 is 30.3 Å². The molecule has 0 saturated carbocycles. The van der Waals surface area contributed by atoms with Gasteiger partial charge in [-0.2, -0.15) is 0 Å². The van der Waals surface area contributed by atoms with Crippen LogP contribution < -0.4 is 5.32 Å². The lowest BCUT2D eigenvalue weighted by Gasteiger charge is -2.13. The molecule has 7 heteroatoms. The Balaban J connectivity index is 2.90. The van der Waals surface area contributed by atoms with Crippen molar-refractivity contribution in [3.05, 3.63) is 34.3 Å². The Hall–Kier alpha value is -2.08. The van der Waals surface area contributed by atoms with Gasteiger partial charge in [0.05, 0.1) is 6.42 Å². The molecule has 0 aliphatic rings. The monoisotopic (exact) mass is 285 g/mol. The van der Waals surface area contributed by atoms with Crippen LogP contribution in [0, 0.1) is 6.92 Å². The summed E-state index contributed by atoms with van der Waals surface area (Å²) in [5.41, 5.74) is 0.825. The molecule has 0 aliphatic heterocycles. The largest absolute Gasteiger partial charge is 0.481 e. The molecule has 6 nitrogen and oxygen atoms in total. The van der Waals surface area contributed by atoms with Crippen LogP contribution in [0.4, 0.5) is 0 Å². The van der Waals surface area contributed by atoms with E-state index >= 15 is 0 Å². The molecular weight excluding hydrogens is 274 g/mol. The van der Waals surface area contributed by atoms with Crippen LogP contribution in [-0.4, -0.2) is 34.1 Å². The van der Waals surface area contributed by atoms with Gasteiger partial charge in [0, 0.05) is 10.6 Å². The van der Waals surface area contributed by atoms with Crippen molar-refractivity contribution in [3.8, 4) is 0 Å². The Morgan fingerprint density at radius 2 is 1.95 bits per heavy atom. The number of amides is 1. The van der Waals surface area contributed by atoms with Crippen molar-refractivity contribution in [1.29, 1.82) is 0 Å². The summed E-state index contributed by atoms with van der Waals surface area (Å²) in [4.78, 5) is 33.3. The first-order valence-corrected chi connectivity index (χ1v) is 5.70. The van der Waals surface area contributed by atoms with E-state index in [-0.39, 0.29) is 5.56 Å². The average molecular weight is 286 g/mol. The molecule has 1 amide bonds. The van der Waals surface area contributed by atoms with Gasteiger partial charge in [0.25, 0.3) is 5.91 Å². The number of carboxylic acids is 2. The third kappa shape index (κ3) is 4.26. The van der Waals surface area contributed by atoms with Crippen molar-refractivity contribution >= 4 is 29.4 Å². The van der Waals surface area contributed by atoms with Gasteiger partial charge >= 0.3 is 11.9 Å². The topological polar surface area (TPSA) is 104 Å². The number of carboxylic acid groups (broad SMARTS) is 2. The molecule has 3 N–H and O–H groups in total. The van der Waals surface area contributed by atoms with E-state index in [4.69, 9.17) is 21.8 Å². The number of carbonyl (C=O) groups excluding carboxylic acids is 1. The molecule has 1 rings (SSSR count). The fourth-order valence-corrected chi connectivity index (χ4v) is 1.62. The molecule has 0 unspecified atom stereocenters. The first kappa shape index (κ1) is 15.0. The minimum atomic E-state index is -1.48. The molecule has 0 radical (unpaired) electrons. The second kappa shape index (κ2) is 6.19. The van der Waals surface area contributed by atoms with Gasteiger partial charge in [-0.3, -0.25) is 9.59 Å². The van der Waals surface area contributed by atoms with Gasteiger partial charge in [-0.1, -0.05) is 17.7 Å². The Kier molecular flexibility index (Phi) is 4.88. The van der Waals surface area contributed by atoms with E-state index in [2.05, 4.69) is 5.32 Å². The summed E-state index contributed by atoms with van der Waals surface area (Å²) < 4.78 is 0. The van der Waals surface area contributed by atoms with Crippen molar-refractivity contribution < 1.29 is 24.6 Å². The zero-order valence-electron chi connectivity index (χ0n) is 10.0. The van der Waals surface area contributed by atoms with Crippen LogP contribution in [0.2, 0.25) is 5.02 Å². The minimum absolute atomic E-state index is 0.212. The number of hydrogen-bond acceptors (Lipinski definition) is 3. The second-order valence-electron chi connectivity index (χ2n) is 3.92. The highest BCUT2D eigenvalue weighted by Crippen LogP contribution is 2.15. The van der Waals surface area contributed by atoms with Gasteiger partial charge in [-0.15, -0.1) is 0 Å². The zero-order chi connectivity index (χ0) is 14.6. The van der Waals surface area contributed by atoms with Gasteiger partial charge in [-0.05, 0) is 24.6 Å². The highest BCUT2D eigenvalue weighted by molar-refractivity contribution is 6.31. The third-order valence-electron chi connectivity index (χ3n) is 2.43. The fraction of sp³-hybridized carbons (Fsp3) is 0.250. The van der Waals surface area contributed by atoms with Gasteiger partial charge in [0.1, 0.15) is 6.04 Å². The molecule has 1 atom stereocenters. The van der Waals surface area contributed by atoms with Crippen LogP contribution >= 0.6 is 11.6 Å². The molecule has 0 aliphatic carbocycles. The maximum atomic E-state index is 11.9. The third-order valence-corrected chi connectivity index (χ3v) is 2.66. The van der Waals surface area contributed by atoms with E-state index in [0.717, 1.165) is 0 Å². The molecule has 0 bridgehead atoms. The lowest BCUT2D eigenvalue weighted by molar-refractivity contribution is -0.145. The van der Waals surface area contributed by atoms with E-state index in [1.54, 1.807) is 19.1 Å². The summed E-state index contributed by atoms with van der Waals surface area (Å²) in [5, 5.41) is 19.9. The highest BCUT2D eigenvalue weighted by Gasteiger charge is 2.24. The van der Waals surface area contributed by atoms with E-state index in [9.17, 15) is 14.4 Å². The normalized spacial score (nSPS) is 11.7. The molecule has 0 spiro atoms. The zero-order valence-corrected chi connectivity index (χ0v) is 10.8. The maximum Gasteiger partial charge on any atom is 0.326 e. The first-order chi connectivity index (χ1) is 8.81. The fourth-order valence-electron chi connectivity index (χ4n) is 1.45. The standard InChI is InChI=1S/C12H12ClNO5/c1-6-2-3-7(13)4-8(6)11(17)14-9(12(18)19)5-10(15)16/h2-4,9H,5H2,1H3,(H,14,17)(H,15,16)(H,18,19)/t9-/m1/s1. The summed E-state index contributed by atoms with van der Waals surface area (Å²) in [6.07, 6.45) is -0.694. The van der Waals surface area contributed by atoms with Crippen LogP contribution in [0.15, 0.2) is 18.2 Å². The molecule has 0 heterocycles. The lowest BCUT2D eigenvalue weighted by Crippen LogP contribution is -2.42. The SMILES string of the molecule is Cc1ccc(Cl)cc1C(=O)N[C@H](CC(=O)O)C(=O)O. The van der Waals surface area contributed by atoms with Crippen LogP contribution in [-0.2, 0) is 9.59 Å². The number of carbonyl (C=O) groups is 3. The number of aryl methyl sites for hydroxylation is 1. The van der Waals surface area contributed by atoms with Crippen molar-refractivity contribution in [3.63, 3.8) is 0 Å². The van der Waals surface area contributed by atoms with Crippen LogP contribution in [0.3, 0.4) is 0 Å². The molecule has 0 aromatic heterocycles. The van der Waals surface area contributed by atoms with Crippen molar-refractivity contribution in [2.75, 3.05) is 0 Å². The second-order valence-corrected chi connectivity index (χ2v) is 4.36. The Labute approximate surface area is 114 Å². The lowest BCUT2D eigenvalue weighted by atomic mass is 10.1.